The van der Waals surface area contributed by atoms with Crippen molar-refractivity contribution >= 4 is 16.0 Å². The van der Waals surface area contributed by atoms with E-state index < -0.39 is 21.5 Å². The Hall–Kier alpha value is -1.52. The first-order valence-corrected chi connectivity index (χ1v) is 11.4. The molecule has 0 aliphatic carbocycles. The number of carbonyl (C=O) groups is 1. The van der Waals surface area contributed by atoms with Crippen LogP contribution in [-0.2, 0) is 31.6 Å². The maximum absolute atomic E-state index is 12.0. The van der Waals surface area contributed by atoms with E-state index in [4.69, 9.17) is 9.29 Å². The van der Waals surface area contributed by atoms with E-state index in [0.717, 1.165) is 12.1 Å². The third-order valence-electron chi connectivity index (χ3n) is 4.35. The lowest BCUT2D eigenvalue weighted by molar-refractivity contribution is -0.127. The molecule has 1 amide bonds. The number of hydrogen-bond acceptors (Lipinski definition) is 6. The molecule has 168 valence electrons. The molecule has 1 rings (SSSR count). The van der Waals surface area contributed by atoms with Gasteiger partial charge in [-0.1, -0.05) is 26.0 Å². The smallest absolute Gasteiger partial charge is 0.266 e. The minimum Gasteiger partial charge on any atom is -0.375 e. The number of rotatable bonds is 11. The fourth-order valence-corrected chi connectivity index (χ4v) is 3.09. The molecule has 9 nitrogen and oxygen atoms in total. The first kappa shape index (κ1) is 25.5. The Morgan fingerprint density at radius 3 is 2.38 bits per heavy atom. The second kappa shape index (κ2) is 9.53. The van der Waals surface area contributed by atoms with E-state index in [9.17, 15) is 13.2 Å². The van der Waals surface area contributed by atoms with E-state index >= 15 is 0 Å². The van der Waals surface area contributed by atoms with Crippen LogP contribution in [0.5, 0.6) is 0 Å². The topological polar surface area (TPSA) is 123 Å². The lowest BCUT2D eigenvalue weighted by Gasteiger charge is -2.29. The van der Waals surface area contributed by atoms with Crippen LogP contribution < -0.4 is 5.32 Å². The van der Waals surface area contributed by atoms with Crippen LogP contribution in [0.3, 0.4) is 0 Å². The second-order valence-electron chi connectivity index (χ2n) is 9.88. The van der Waals surface area contributed by atoms with Crippen molar-refractivity contribution in [3.05, 3.63) is 11.9 Å². The van der Waals surface area contributed by atoms with Crippen LogP contribution in [0.4, 0.5) is 0 Å². The van der Waals surface area contributed by atoms with Crippen molar-refractivity contribution < 1.29 is 22.5 Å². The predicted molar refractivity (Wildman–Crippen MR) is 111 cm³/mol. The van der Waals surface area contributed by atoms with Crippen LogP contribution in [0.2, 0.25) is 0 Å². The molecule has 0 aliphatic rings. The van der Waals surface area contributed by atoms with Crippen LogP contribution in [0.15, 0.2) is 6.20 Å². The van der Waals surface area contributed by atoms with Gasteiger partial charge < -0.3 is 10.1 Å². The van der Waals surface area contributed by atoms with Crippen LogP contribution in [0.25, 0.3) is 0 Å². The summed E-state index contributed by atoms with van der Waals surface area (Å²) in [5, 5.41) is 11.0. The number of carbonyl (C=O) groups excluding carboxylic acids is 1. The molecule has 0 bridgehead atoms. The minimum atomic E-state index is -4.09. The van der Waals surface area contributed by atoms with Gasteiger partial charge in [0.05, 0.1) is 29.0 Å². The zero-order chi connectivity index (χ0) is 22.5. The molecular weight excluding hydrogens is 396 g/mol. The average molecular weight is 433 g/mol. The molecule has 0 fully saturated rings. The molecule has 0 aromatic carbocycles. The summed E-state index contributed by atoms with van der Waals surface area (Å²) in [4.78, 5) is 12.0. The summed E-state index contributed by atoms with van der Waals surface area (Å²) in [6.45, 7) is 14.5. The molecule has 0 radical (unpaired) electrons. The number of hydrogen-bond donors (Lipinski definition) is 2. The zero-order valence-corrected chi connectivity index (χ0v) is 19.5. The quantitative estimate of drug-likeness (QED) is 0.514. The molecule has 1 heterocycles. The minimum absolute atomic E-state index is 0.0813. The van der Waals surface area contributed by atoms with Crippen LogP contribution >= 0.6 is 0 Å². The summed E-state index contributed by atoms with van der Waals surface area (Å²) in [6.07, 6.45) is 3.58. The van der Waals surface area contributed by atoms with Gasteiger partial charge >= 0.3 is 0 Å². The van der Waals surface area contributed by atoms with E-state index in [-0.39, 0.29) is 29.8 Å². The number of aromatic nitrogens is 3. The standard InChI is InChI=1S/C19H36N4O5S/c1-17(2,3)12-15-14-23(22-21-15)18(4,5)8-10-28-19(6,7)13-16(24)20-9-11-29(25,26)27/h14H,8-13H2,1-7H3,(H,20,24)(H,25,26,27). The van der Waals surface area contributed by atoms with Crippen molar-refractivity contribution in [2.45, 2.75) is 78.9 Å². The highest BCUT2D eigenvalue weighted by Crippen LogP contribution is 2.24. The summed E-state index contributed by atoms with van der Waals surface area (Å²) in [6, 6.07) is 0. The maximum Gasteiger partial charge on any atom is 0.266 e. The lowest BCUT2D eigenvalue weighted by atomic mass is 9.91. The van der Waals surface area contributed by atoms with E-state index in [0.29, 0.717) is 13.0 Å². The number of nitrogens with one attached hydrogen (secondary N) is 1. The second-order valence-corrected chi connectivity index (χ2v) is 11.4. The fourth-order valence-electron chi connectivity index (χ4n) is 2.73. The number of nitrogens with zero attached hydrogens (tertiary/aromatic N) is 3. The van der Waals surface area contributed by atoms with Crippen LogP contribution in [0, 0.1) is 5.41 Å². The van der Waals surface area contributed by atoms with Gasteiger partial charge in [-0.15, -0.1) is 5.10 Å². The highest BCUT2D eigenvalue weighted by molar-refractivity contribution is 7.85. The molecule has 0 atom stereocenters. The SMILES string of the molecule is CC(C)(C)Cc1cn(C(C)(C)CCOC(C)(C)CC(=O)NCCS(=O)(=O)O)nn1. The summed E-state index contributed by atoms with van der Waals surface area (Å²) < 4.78 is 37.8. The molecule has 1 aromatic heterocycles. The molecule has 0 spiro atoms. The van der Waals surface area contributed by atoms with Gasteiger partial charge in [0.2, 0.25) is 5.91 Å². The predicted octanol–water partition coefficient (Wildman–Crippen LogP) is 2.18. The van der Waals surface area contributed by atoms with Gasteiger partial charge in [0.25, 0.3) is 10.1 Å². The lowest BCUT2D eigenvalue weighted by Crippen LogP contribution is -2.37. The van der Waals surface area contributed by atoms with Crippen molar-refractivity contribution in [1.82, 2.24) is 20.3 Å². The molecule has 0 saturated heterocycles. The normalized spacial score (nSPS) is 13.5. The number of ether oxygens (including phenoxy) is 1. The van der Waals surface area contributed by atoms with Crippen molar-refractivity contribution in [1.29, 1.82) is 0 Å². The van der Waals surface area contributed by atoms with E-state index in [2.05, 4.69) is 50.2 Å². The first-order chi connectivity index (χ1) is 13.0. The molecule has 0 saturated carbocycles. The molecule has 1 aromatic rings. The Bertz CT molecular complexity index is 779. The Kier molecular flexibility index (Phi) is 8.38. The molecule has 29 heavy (non-hydrogen) atoms. The Morgan fingerprint density at radius 2 is 1.83 bits per heavy atom. The van der Waals surface area contributed by atoms with E-state index in [1.54, 1.807) is 13.8 Å². The molecule has 10 heteroatoms. The van der Waals surface area contributed by atoms with Gasteiger partial charge in [-0.25, -0.2) is 4.68 Å². The van der Waals surface area contributed by atoms with Gasteiger partial charge in [-0.05, 0) is 46.0 Å². The van der Waals surface area contributed by atoms with E-state index in [1.165, 1.54) is 0 Å². The summed E-state index contributed by atoms with van der Waals surface area (Å²) >= 11 is 0. The fraction of sp³-hybridized carbons (Fsp3) is 0.842. The summed E-state index contributed by atoms with van der Waals surface area (Å²) in [7, 11) is -4.09. The first-order valence-electron chi connectivity index (χ1n) is 9.77. The van der Waals surface area contributed by atoms with Crippen LogP contribution in [-0.4, -0.2) is 58.4 Å². The van der Waals surface area contributed by atoms with Gasteiger partial charge in [0, 0.05) is 19.3 Å². The van der Waals surface area contributed by atoms with Crippen LogP contribution in [0.1, 0.15) is 67.0 Å². The van der Waals surface area contributed by atoms with Gasteiger partial charge in [-0.3, -0.25) is 9.35 Å². The Labute approximate surface area is 174 Å². The maximum atomic E-state index is 12.0. The number of amides is 1. The molecule has 0 unspecified atom stereocenters. The monoisotopic (exact) mass is 432 g/mol. The highest BCUT2D eigenvalue weighted by atomic mass is 32.2. The largest absolute Gasteiger partial charge is 0.375 e. The van der Waals surface area contributed by atoms with Gasteiger partial charge in [0.1, 0.15) is 0 Å². The molecular formula is C19H36N4O5S. The zero-order valence-electron chi connectivity index (χ0n) is 18.7. The average Bonchev–Trinajstić information content (AvgIpc) is 2.91. The third-order valence-corrected chi connectivity index (χ3v) is 5.07. The van der Waals surface area contributed by atoms with Gasteiger partial charge in [0.15, 0.2) is 0 Å². The highest BCUT2D eigenvalue weighted by Gasteiger charge is 2.27. The molecule has 0 aliphatic heterocycles. The van der Waals surface area contributed by atoms with Gasteiger partial charge in [-0.2, -0.15) is 8.42 Å². The summed E-state index contributed by atoms with van der Waals surface area (Å²) in [5.74, 6) is -0.843. The Morgan fingerprint density at radius 1 is 1.21 bits per heavy atom. The van der Waals surface area contributed by atoms with Crippen molar-refractivity contribution in [2.75, 3.05) is 18.9 Å². The summed E-state index contributed by atoms with van der Waals surface area (Å²) in [5.41, 5.74) is 0.0862. The van der Waals surface area contributed by atoms with Crippen molar-refractivity contribution in [3.8, 4) is 0 Å². The van der Waals surface area contributed by atoms with Crippen molar-refractivity contribution in [2.24, 2.45) is 5.41 Å². The third kappa shape index (κ3) is 10.7. The van der Waals surface area contributed by atoms with Crippen molar-refractivity contribution in [3.63, 3.8) is 0 Å². The molecule has 2 N–H and O–H groups in total. The Balaban J connectivity index is 2.50. The van der Waals surface area contributed by atoms with E-state index in [1.807, 2.05) is 10.9 Å².